The standard InChI is InChI=1S/C16H22N2O4/c1-15(2,3)22-14(20)18-7-6-16(10-18)11(9-17-13(16)19)12-5-4-8-21-12/h4-5,8,11H,6-7,9-10H2,1-3H3,(H,17,19)/t11?,16-/m0/s1. The maximum atomic E-state index is 12.4. The van der Waals surface area contributed by atoms with Crippen molar-refractivity contribution in [2.75, 3.05) is 19.6 Å². The second-order valence-electron chi connectivity index (χ2n) is 7.09. The summed E-state index contributed by atoms with van der Waals surface area (Å²) < 4.78 is 10.9. The van der Waals surface area contributed by atoms with Gasteiger partial charge in [0.05, 0.1) is 17.6 Å². The Morgan fingerprint density at radius 1 is 1.50 bits per heavy atom. The smallest absolute Gasteiger partial charge is 0.410 e. The first-order valence-electron chi connectivity index (χ1n) is 7.61. The molecule has 1 aromatic heterocycles. The van der Waals surface area contributed by atoms with Gasteiger partial charge in [-0.05, 0) is 39.3 Å². The van der Waals surface area contributed by atoms with Crippen LogP contribution in [0, 0.1) is 5.41 Å². The summed E-state index contributed by atoms with van der Waals surface area (Å²) in [5.74, 6) is 0.756. The number of carbonyl (C=O) groups excluding carboxylic acids is 2. The average molecular weight is 306 g/mol. The van der Waals surface area contributed by atoms with Gasteiger partial charge in [0.1, 0.15) is 11.4 Å². The molecule has 3 rings (SSSR count). The Balaban J connectivity index is 1.79. The molecule has 3 heterocycles. The summed E-state index contributed by atoms with van der Waals surface area (Å²) in [6, 6.07) is 3.72. The second-order valence-corrected chi connectivity index (χ2v) is 7.09. The number of nitrogens with one attached hydrogen (secondary N) is 1. The minimum atomic E-state index is -0.602. The largest absolute Gasteiger partial charge is 0.469 e. The Kier molecular flexibility index (Phi) is 3.42. The van der Waals surface area contributed by atoms with Crippen molar-refractivity contribution in [3.8, 4) is 0 Å². The lowest BCUT2D eigenvalue weighted by molar-refractivity contribution is -0.127. The quantitative estimate of drug-likeness (QED) is 0.862. The molecule has 0 aromatic carbocycles. The maximum absolute atomic E-state index is 12.4. The highest BCUT2D eigenvalue weighted by atomic mass is 16.6. The van der Waals surface area contributed by atoms with Crippen molar-refractivity contribution in [3.63, 3.8) is 0 Å². The number of carbonyl (C=O) groups is 2. The van der Waals surface area contributed by atoms with Gasteiger partial charge < -0.3 is 19.4 Å². The van der Waals surface area contributed by atoms with E-state index in [9.17, 15) is 9.59 Å². The van der Waals surface area contributed by atoms with Gasteiger partial charge in [-0.1, -0.05) is 0 Å². The Labute approximate surface area is 129 Å². The molecule has 0 bridgehead atoms. The summed E-state index contributed by atoms with van der Waals surface area (Å²) >= 11 is 0. The fourth-order valence-electron chi connectivity index (χ4n) is 3.37. The van der Waals surface area contributed by atoms with Crippen LogP contribution in [0.3, 0.4) is 0 Å². The molecule has 1 spiro atoms. The van der Waals surface area contributed by atoms with Crippen LogP contribution in [0.1, 0.15) is 38.9 Å². The van der Waals surface area contributed by atoms with Crippen LogP contribution in [0.2, 0.25) is 0 Å². The van der Waals surface area contributed by atoms with E-state index in [0.717, 1.165) is 5.76 Å². The van der Waals surface area contributed by atoms with Gasteiger partial charge in [0, 0.05) is 19.6 Å². The number of furan rings is 1. The highest BCUT2D eigenvalue weighted by Gasteiger charge is 2.56. The number of amides is 2. The van der Waals surface area contributed by atoms with Crippen molar-refractivity contribution >= 4 is 12.0 Å². The van der Waals surface area contributed by atoms with Gasteiger partial charge in [-0.25, -0.2) is 4.79 Å². The van der Waals surface area contributed by atoms with Gasteiger partial charge in [-0.3, -0.25) is 4.79 Å². The lowest BCUT2D eigenvalue weighted by Gasteiger charge is -2.28. The summed E-state index contributed by atoms with van der Waals surface area (Å²) in [6.07, 6.45) is 1.89. The number of likely N-dealkylation sites (tertiary alicyclic amines) is 1. The molecule has 2 aliphatic heterocycles. The molecule has 120 valence electrons. The van der Waals surface area contributed by atoms with Gasteiger partial charge in [0.15, 0.2) is 0 Å². The molecule has 2 aliphatic rings. The van der Waals surface area contributed by atoms with Crippen LogP contribution in [0.5, 0.6) is 0 Å². The lowest BCUT2D eigenvalue weighted by atomic mass is 9.75. The third-order valence-electron chi connectivity index (χ3n) is 4.43. The zero-order valence-corrected chi connectivity index (χ0v) is 13.2. The van der Waals surface area contributed by atoms with E-state index in [1.165, 1.54) is 0 Å². The van der Waals surface area contributed by atoms with Gasteiger partial charge in [-0.2, -0.15) is 0 Å². The number of ether oxygens (including phenoxy) is 1. The van der Waals surface area contributed by atoms with Crippen molar-refractivity contribution in [2.24, 2.45) is 5.41 Å². The molecule has 2 atom stereocenters. The first-order chi connectivity index (χ1) is 10.3. The molecule has 6 nitrogen and oxygen atoms in total. The van der Waals surface area contributed by atoms with Crippen molar-refractivity contribution in [3.05, 3.63) is 24.2 Å². The Morgan fingerprint density at radius 2 is 2.27 bits per heavy atom. The van der Waals surface area contributed by atoms with E-state index in [-0.39, 0.29) is 17.9 Å². The minimum Gasteiger partial charge on any atom is -0.469 e. The van der Waals surface area contributed by atoms with E-state index in [4.69, 9.17) is 9.15 Å². The third kappa shape index (κ3) is 2.46. The van der Waals surface area contributed by atoms with Crippen LogP contribution in [-0.4, -0.2) is 42.1 Å². The van der Waals surface area contributed by atoms with Crippen LogP contribution in [0.4, 0.5) is 4.79 Å². The topological polar surface area (TPSA) is 71.8 Å². The van der Waals surface area contributed by atoms with E-state index >= 15 is 0 Å². The first kappa shape index (κ1) is 14.9. The molecule has 1 unspecified atom stereocenters. The molecular weight excluding hydrogens is 284 g/mol. The summed E-state index contributed by atoms with van der Waals surface area (Å²) in [7, 11) is 0. The molecule has 1 N–H and O–H groups in total. The predicted octanol–water partition coefficient (Wildman–Crippen LogP) is 2.12. The molecule has 0 saturated carbocycles. The maximum Gasteiger partial charge on any atom is 0.410 e. The lowest BCUT2D eigenvalue weighted by Crippen LogP contribution is -2.40. The Morgan fingerprint density at radius 3 is 2.91 bits per heavy atom. The molecule has 6 heteroatoms. The van der Waals surface area contributed by atoms with Crippen LogP contribution in [-0.2, 0) is 9.53 Å². The summed E-state index contributed by atoms with van der Waals surface area (Å²) in [4.78, 5) is 26.3. The third-order valence-corrected chi connectivity index (χ3v) is 4.43. The number of nitrogens with zero attached hydrogens (tertiary/aromatic N) is 1. The number of rotatable bonds is 1. The predicted molar refractivity (Wildman–Crippen MR) is 79.3 cm³/mol. The highest BCUT2D eigenvalue weighted by molar-refractivity contribution is 5.88. The van der Waals surface area contributed by atoms with E-state index in [1.807, 2.05) is 32.9 Å². The number of hydrogen-bond donors (Lipinski definition) is 1. The zero-order chi connectivity index (χ0) is 16.0. The molecule has 22 heavy (non-hydrogen) atoms. The van der Waals surface area contributed by atoms with E-state index in [1.54, 1.807) is 11.2 Å². The summed E-state index contributed by atoms with van der Waals surface area (Å²) in [5.41, 5.74) is -1.14. The van der Waals surface area contributed by atoms with Crippen molar-refractivity contribution in [1.29, 1.82) is 0 Å². The van der Waals surface area contributed by atoms with Crippen molar-refractivity contribution in [2.45, 2.75) is 38.7 Å². The van der Waals surface area contributed by atoms with Crippen molar-refractivity contribution < 1.29 is 18.7 Å². The SMILES string of the molecule is CC(C)(C)OC(=O)N1CC[C@@]2(C1)C(=O)NCC2c1ccco1. The van der Waals surface area contributed by atoms with Gasteiger partial charge in [0.2, 0.25) is 5.91 Å². The summed E-state index contributed by atoms with van der Waals surface area (Å²) in [6.45, 7) is 6.97. The molecule has 2 fully saturated rings. The van der Waals surface area contributed by atoms with E-state index in [2.05, 4.69) is 5.32 Å². The Hall–Kier alpha value is -1.98. The zero-order valence-electron chi connectivity index (χ0n) is 13.2. The normalized spacial score (nSPS) is 28.2. The first-order valence-corrected chi connectivity index (χ1v) is 7.61. The fraction of sp³-hybridized carbons (Fsp3) is 0.625. The summed E-state index contributed by atoms with van der Waals surface area (Å²) in [5, 5.41) is 2.92. The second kappa shape index (κ2) is 5.04. The van der Waals surface area contributed by atoms with Crippen LogP contribution >= 0.6 is 0 Å². The van der Waals surface area contributed by atoms with Crippen LogP contribution < -0.4 is 5.32 Å². The molecular formula is C16H22N2O4. The van der Waals surface area contributed by atoms with Crippen molar-refractivity contribution in [1.82, 2.24) is 10.2 Å². The molecule has 2 amide bonds. The molecule has 0 aliphatic carbocycles. The highest BCUT2D eigenvalue weighted by Crippen LogP contribution is 2.47. The van der Waals surface area contributed by atoms with Crippen LogP contribution in [0.15, 0.2) is 22.8 Å². The number of hydrogen-bond acceptors (Lipinski definition) is 4. The average Bonchev–Trinajstić information content (AvgIpc) is 3.11. The van der Waals surface area contributed by atoms with Gasteiger partial charge in [-0.15, -0.1) is 0 Å². The van der Waals surface area contributed by atoms with E-state index in [0.29, 0.717) is 26.1 Å². The fourth-order valence-corrected chi connectivity index (χ4v) is 3.37. The van der Waals surface area contributed by atoms with Crippen LogP contribution in [0.25, 0.3) is 0 Å². The van der Waals surface area contributed by atoms with Gasteiger partial charge in [0.25, 0.3) is 0 Å². The van der Waals surface area contributed by atoms with E-state index < -0.39 is 11.0 Å². The minimum absolute atomic E-state index is 0.0000383. The molecule has 0 radical (unpaired) electrons. The monoisotopic (exact) mass is 306 g/mol. The molecule has 2 saturated heterocycles. The molecule has 1 aromatic rings. The van der Waals surface area contributed by atoms with Gasteiger partial charge >= 0.3 is 6.09 Å². The Bertz CT molecular complexity index is 575.